The van der Waals surface area contributed by atoms with Crippen LogP contribution >= 0.6 is 0 Å². The van der Waals surface area contributed by atoms with Gasteiger partial charge in [-0.15, -0.1) is 0 Å². The van der Waals surface area contributed by atoms with Gasteiger partial charge in [0.2, 0.25) is 5.91 Å². The number of benzene rings is 1. The monoisotopic (exact) mass is 254 g/mol. The zero-order valence-electron chi connectivity index (χ0n) is 10.2. The zero-order chi connectivity index (χ0) is 13.3. The Morgan fingerprint density at radius 3 is 2.50 bits per heavy atom. The number of halogens is 2. The van der Waals surface area contributed by atoms with Crippen molar-refractivity contribution in [3.63, 3.8) is 0 Å². The van der Waals surface area contributed by atoms with Gasteiger partial charge in [0, 0.05) is 11.5 Å². The Labute approximate surface area is 104 Å². The lowest BCUT2D eigenvalue weighted by Crippen LogP contribution is -2.31. The van der Waals surface area contributed by atoms with E-state index in [1.807, 2.05) is 6.92 Å². The molecule has 0 aromatic heterocycles. The molecule has 98 valence electrons. The molecular formula is C13H16F2N2O. The van der Waals surface area contributed by atoms with Crippen LogP contribution in [0, 0.1) is 17.0 Å². The van der Waals surface area contributed by atoms with Gasteiger partial charge in [-0.3, -0.25) is 4.79 Å². The van der Waals surface area contributed by atoms with E-state index in [0.717, 1.165) is 31.7 Å². The highest BCUT2D eigenvalue weighted by molar-refractivity contribution is 5.95. The first-order valence-corrected chi connectivity index (χ1v) is 5.98. The van der Waals surface area contributed by atoms with E-state index in [1.54, 1.807) is 0 Å². The van der Waals surface area contributed by atoms with E-state index in [-0.39, 0.29) is 17.3 Å². The molecule has 1 aromatic carbocycles. The van der Waals surface area contributed by atoms with E-state index < -0.39 is 17.0 Å². The molecule has 0 atom stereocenters. The van der Waals surface area contributed by atoms with Crippen molar-refractivity contribution in [3.05, 3.63) is 23.8 Å². The van der Waals surface area contributed by atoms with Crippen LogP contribution in [0.2, 0.25) is 0 Å². The first-order valence-electron chi connectivity index (χ1n) is 5.98. The van der Waals surface area contributed by atoms with E-state index in [9.17, 15) is 13.6 Å². The van der Waals surface area contributed by atoms with Crippen molar-refractivity contribution in [2.75, 3.05) is 11.1 Å². The molecule has 1 amide bonds. The molecule has 0 spiro atoms. The van der Waals surface area contributed by atoms with Crippen LogP contribution in [-0.4, -0.2) is 5.91 Å². The van der Waals surface area contributed by atoms with Crippen LogP contribution in [0.15, 0.2) is 12.1 Å². The number of nitrogens with two attached hydrogens (primary N) is 1. The first-order chi connectivity index (χ1) is 8.42. The van der Waals surface area contributed by atoms with E-state index in [2.05, 4.69) is 5.32 Å². The molecule has 2 rings (SSSR count). The molecule has 0 unspecified atom stereocenters. The second-order valence-electron chi connectivity index (χ2n) is 5.08. The lowest BCUT2D eigenvalue weighted by atomic mass is 9.88. The first kappa shape index (κ1) is 12.8. The normalized spacial score (nSPS) is 17.7. The molecule has 18 heavy (non-hydrogen) atoms. The minimum absolute atomic E-state index is 0.0629. The summed E-state index contributed by atoms with van der Waals surface area (Å²) in [6, 6.07) is 1.79. The number of carbonyl (C=O) groups excluding carboxylic acids is 1. The molecule has 0 radical (unpaired) electrons. The maximum Gasteiger partial charge on any atom is 0.230 e. The summed E-state index contributed by atoms with van der Waals surface area (Å²) >= 11 is 0. The van der Waals surface area contributed by atoms with Crippen LogP contribution in [-0.2, 0) is 4.79 Å². The summed E-state index contributed by atoms with van der Waals surface area (Å²) in [5, 5.41) is 2.50. The second kappa shape index (κ2) is 4.55. The lowest BCUT2D eigenvalue weighted by molar-refractivity contribution is -0.124. The third-order valence-electron chi connectivity index (χ3n) is 3.59. The van der Waals surface area contributed by atoms with Crippen molar-refractivity contribution in [1.29, 1.82) is 0 Å². The summed E-state index contributed by atoms with van der Waals surface area (Å²) in [5.41, 5.74) is 4.66. The maximum atomic E-state index is 13.5. The van der Waals surface area contributed by atoms with Gasteiger partial charge in [-0.25, -0.2) is 8.78 Å². The van der Waals surface area contributed by atoms with Crippen LogP contribution in [0.25, 0.3) is 0 Å². The Hall–Kier alpha value is -1.65. The summed E-state index contributed by atoms with van der Waals surface area (Å²) in [7, 11) is 0. The molecule has 1 fully saturated rings. The summed E-state index contributed by atoms with van der Waals surface area (Å²) < 4.78 is 26.5. The molecule has 1 saturated carbocycles. The Bertz CT molecular complexity index is 482. The van der Waals surface area contributed by atoms with Crippen molar-refractivity contribution < 1.29 is 13.6 Å². The van der Waals surface area contributed by atoms with Gasteiger partial charge in [0.1, 0.15) is 11.6 Å². The number of nitrogens with one attached hydrogen (secondary N) is 1. The second-order valence-corrected chi connectivity index (χ2v) is 5.08. The molecule has 1 aliphatic carbocycles. The van der Waals surface area contributed by atoms with E-state index in [1.165, 1.54) is 0 Å². The number of amides is 1. The Morgan fingerprint density at radius 1 is 1.28 bits per heavy atom. The van der Waals surface area contributed by atoms with Gasteiger partial charge < -0.3 is 11.1 Å². The van der Waals surface area contributed by atoms with Crippen LogP contribution in [0.4, 0.5) is 20.2 Å². The Kier molecular flexibility index (Phi) is 3.24. The van der Waals surface area contributed by atoms with Crippen LogP contribution in [0.5, 0.6) is 0 Å². The third kappa shape index (κ3) is 2.30. The Morgan fingerprint density at radius 2 is 1.89 bits per heavy atom. The fraction of sp³-hybridized carbons (Fsp3) is 0.462. The topological polar surface area (TPSA) is 55.1 Å². The number of nitrogen functional groups attached to an aromatic ring is 1. The molecule has 5 heteroatoms. The zero-order valence-corrected chi connectivity index (χ0v) is 10.2. The molecule has 1 aliphatic rings. The van der Waals surface area contributed by atoms with Gasteiger partial charge >= 0.3 is 0 Å². The molecule has 3 N–H and O–H groups in total. The molecule has 0 aliphatic heterocycles. The number of hydrogen-bond acceptors (Lipinski definition) is 2. The standard InChI is InChI=1S/C13H16F2N2O/c1-13(4-2-3-5-13)12(18)17-11-7-10(16)8(14)6-9(11)15/h6-7H,2-5,16H2,1H3,(H,17,18). The highest BCUT2D eigenvalue weighted by atomic mass is 19.1. The summed E-state index contributed by atoms with van der Waals surface area (Å²) in [4.78, 5) is 12.1. The van der Waals surface area contributed by atoms with E-state index >= 15 is 0 Å². The maximum absolute atomic E-state index is 13.5. The molecular weight excluding hydrogens is 238 g/mol. The predicted molar refractivity (Wildman–Crippen MR) is 66.0 cm³/mol. The highest BCUT2D eigenvalue weighted by Crippen LogP contribution is 2.38. The molecule has 3 nitrogen and oxygen atoms in total. The van der Waals surface area contributed by atoms with Gasteiger partial charge in [0.25, 0.3) is 0 Å². The molecule has 0 heterocycles. The summed E-state index contributed by atoms with van der Waals surface area (Å²) in [6.07, 6.45) is 3.57. The summed E-state index contributed by atoms with van der Waals surface area (Å²) in [6.45, 7) is 1.86. The van der Waals surface area contributed by atoms with Crippen molar-refractivity contribution in [3.8, 4) is 0 Å². The van der Waals surface area contributed by atoms with E-state index in [0.29, 0.717) is 6.07 Å². The summed E-state index contributed by atoms with van der Waals surface area (Å²) in [5.74, 6) is -1.86. The Balaban J connectivity index is 2.19. The smallest absolute Gasteiger partial charge is 0.230 e. The van der Waals surface area contributed by atoms with Crippen molar-refractivity contribution in [2.24, 2.45) is 5.41 Å². The van der Waals surface area contributed by atoms with Gasteiger partial charge in [-0.1, -0.05) is 19.8 Å². The van der Waals surface area contributed by atoms with Crippen molar-refractivity contribution in [1.82, 2.24) is 0 Å². The van der Waals surface area contributed by atoms with Crippen LogP contribution < -0.4 is 11.1 Å². The highest BCUT2D eigenvalue weighted by Gasteiger charge is 2.36. The third-order valence-corrected chi connectivity index (χ3v) is 3.59. The number of hydrogen-bond donors (Lipinski definition) is 2. The average molecular weight is 254 g/mol. The lowest BCUT2D eigenvalue weighted by Gasteiger charge is -2.22. The fourth-order valence-electron chi connectivity index (χ4n) is 2.32. The quantitative estimate of drug-likeness (QED) is 0.797. The SMILES string of the molecule is CC1(C(=O)Nc2cc(N)c(F)cc2F)CCCC1. The fourth-order valence-corrected chi connectivity index (χ4v) is 2.32. The average Bonchev–Trinajstić information content (AvgIpc) is 2.74. The minimum atomic E-state index is -0.822. The van der Waals surface area contributed by atoms with Crippen molar-refractivity contribution in [2.45, 2.75) is 32.6 Å². The van der Waals surface area contributed by atoms with Crippen LogP contribution in [0.1, 0.15) is 32.6 Å². The molecule has 1 aromatic rings. The molecule has 0 saturated heterocycles. The van der Waals surface area contributed by atoms with Gasteiger partial charge in [-0.2, -0.15) is 0 Å². The van der Waals surface area contributed by atoms with E-state index in [4.69, 9.17) is 5.73 Å². The van der Waals surface area contributed by atoms with Gasteiger partial charge in [0.15, 0.2) is 0 Å². The van der Waals surface area contributed by atoms with Gasteiger partial charge in [-0.05, 0) is 18.9 Å². The van der Waals surface area contributed by atoms with Crippen molar-refractivity contribution >= 4 is 17.3 Å². The number of carbonyl (C=O) groups is 1. The largest absolute Gasteiger partial charge is 0.396 e. The number of anilines is 2. The molecule has 0 bridgehead atoms. The predicted octanol–water partition coefficient (Wildman–Crippen LogP) is 3.07. The van der Waals surface area contributed by atoms with Crippen LogP contribution in [0.3, 0.4) is 0 Å². The number of rotatable bonds is 2. The van der Waals surface area contributed by atoms with Gasteiger partial charge in [0.05, 0.1) is 11.4 Å². The minimum Gasteiger partial charge on any atom is -0.396 e.